The molecule has 5 heteroatoms. The highest BCUT2D eigenvalue weighted by Gasteiger charge is 2.22. The van der Waals surface area contributed by atoms with Crippen molar-refractivity contribution in [2.45, 2.75) is 32.6 Å². The van der Waals surface area contributed by atoms with Crippen LogP contribution in [0.3, 0.4) is 0 Å². The van der Waals surface area contributed by atoms with Crippen LogP contribution in [0.15, 0.2) is 22.7 Å². The van der Waals surface area contributed by atoms with E-state index in [0.29, 0.717) is 12.6 Å². The Hall–Kier alpha value is -0.620. The van der Waals surface area contributed by atoms with Gasteiger partial charge in [-0.1, -0.05) is 6.07 Å². The van der Waals surface area contributed by atoms with E-state index in [9.17, 15) is 0 Å². The summed E-state index contributed by atoms with van der Waals surface area (Å²) in [5.41, 5.74) is 0.865. The van der Waals surface area contributed by atoms with Gasteiger partial charge in [-0.2, -0.15) is 0 Å². The number of aliphatic hydroxyl groups excluding tert-OH is 1. The third-order valence-electron chi connectivity index (χ3n) is 3.50. The minimum Gasteiger partial charge on any atom is -0.490 e. The summed E-state index contributed by atoms with van der Waals surface area (Å²) in [7, 11) is 0. The van der Waals surface area contributed by atoms with E-state index >= 15 is 0 Å². The predicted octanol–water partition coefficient (Wildman–Crippen LogP) is 2.43. The molecule has 1 N–H and O–H groups in total. The summed E-state index contributed by atoms with van der Waals surface area (Å²) in [5.74, 6) is 0.785. The smallest absolute Gasteiger partial charge is 0.133 e. The summed E-state index contributed by atoms with van der Waals surface area (Å²) < 4.78 is 12.4. The molecule has 1 aliphatic rings. The van der Waals surface area contributed by atoms with E-state index in [-0.39, 0.29) is 12.7 Å². The van der Waals surface area contributed by atoms with Gasteiger partial charge in [0.1, 0.15) is 18.5 Å². The minimum atomic E-state index is 0.0357. The molecule has 20 heavy (non-hydrogen) atoms. The zero-order valence-corrected chi connectivity index (χ0v) is 13.6. The summed E-state index contributed by atoms with van der Waals surface area (Å²) in [6.45, 7) is 7.64. The molecule has 1 unspecified atom stereocenters. The van der Waals surface area contributed by atoms with E-state index in [0.717, 1.165) is 35.5 Å². The van der Waals surface area contributed by atoms with Gasteiger partial charge in [0.05, 0.1) is 17.7 Å². The molecule has 1 atom stereocenters. The summed E-state index contributed by atoms with van der Waals surface area (Å²) in [6, 6.07) is 6.15. The first kappa shape index (κ1) is 15.8. The Balaban J connectivity index is 1.88. The molecule has 1 fully saturated rings. The van der Waals surface area contributed by atoms with Crippen LogP contribution in [-0.4, -0.2) is 48.5 Å². The molecule has 0 aromatic heterocycles. The second kappa shape index (κ2) is 7.41. The summed E-state index contributed by atoms with van der Waals surface area (Å²) in [5, 5.41) is 9.08. The maximum absolute atomic E-state index is 9.08. The maximum atomic E-state index is 9.08. The lowest BCUT2D eigenvalue weighted by Crippen LogP contribution is -2.47. The molecule has 1 heterocycles. The normalized spacial score (nSPS) is 20.4. The molecule has 0 saturated carbocycles. The average molecular weight is 344 g/mol. The number of nitrogens with zero attached hydrogens (tertiary/aromatic N) is 1. The van der Waals surface area contributed by atoms with Crippen LogP contribution in [-0.2, 0) is 11.3 Å². The largest absolute Gasteiger partial charge is 0.490 e. The van der Waals surface area contributed by atoms with Crippen molar-refractivity contribution in [3.8, 4) is 5.75 Å². The highest BCUT2D eigenvalue weighted by atomic mass is 79.9. The van der Waals surface area contributed by atoms with Crippen LogP contribution >= 0.6 is 15.9 Å². The molecule has 0 amide bonds. The van der Waals surface area contributed by atoms with E-state index in [1.807, 2.05) is 18.2 Å². The number of halogens is 1. The monoisotopic (exact) mass is 343 g/mol. The maximum Gasteiger partial charge on any atom is 0.133 e. The van der Waals surface area contributed by atoms with Crippen molar-refractivity contribution in [3.63, 3.8) is 0 Å². The van der Waals surface area contributed by atoms with E-state index < -0.39 is 0 Å². The molecule has 1 aromatic rings. The van der Waals surface area contributed by atoms with Crippen LogP contribution in [0.4, 0.5) is 0 Å². The van der Waals surface area contributed by atoms with Gasteiger partial charge in [-0.25, -0.2) is 0 Å². The average Bonchev–Trinajstić information content (AvgIpc) is 2.46. The molecule has 1 aliphatic heterocycles. The molecule has 112 valence electrons. The number of hydrogen-bond acceptors (Lipinski definition) is 4. The lowest BCUT2D eigenvalue weighted by atomic mass is 10.2. The fourth-order valence-corrected chi connectivity index (χ4v) is 2.80. The van der Waals surface area contributed by atoms with Crippen LogP contribution in [0.5, 0.6) is 5.75 Å². The van der Waals surface area contributed by atoms with Crippen LogP contribution < -0.4 is 4.74 Å². The van der Waals surface area contributed by atoms with Crippen LogP contribution in [0.25, 0.3) is 0 Å². The molecule has 0 bridgehead atoms. The zero-order valence-electron chi connectivity index (χ0n) is 12.0. The van der Waals surface area contributed by atoms with E-state index in [4.69, 9.17) is 14.6 Å². The molecule has 4 nitrogen and oxygen atoms in total. The number of rotatable bonds is 5. The number of morpholine rings is 1. The number of benzene rings is 1. The van der Waals surface area contributed by atoms with Gasteiger partial charge in [0.25, 0.3) is 0 Å². The summed E-state index contributed by atoms with van der Waals surface area (Å²) in [4.78, 5) is 2.40. The number of hydrogen-bond donors (Lipinski definition) is 1. The van der Waals surface area contributed by atoms with Gasteiger partial charge in [-0.15, -0.1) is 0 Å². The van der Waals surface area contributed by atoms with Crippen molar-refractivity contribution in [1.82, 2.24) is 4.90 Å². The van der Waals surface area contributed by atoms with Gasteiger partial charge < -0.3 is 14.6 Å². The second-order valence-electron chi connectivity index (χ2n) is 5.32. The molecule has 0 aliphatic carbocycles. The first-order valence-corrected chi connectivity index (χ1v) is 7.77. The van der Waals surface area contributed by atoms with Gasteiger partial charge in [-0.3, -0.25) is 4.90 Å². The molecular formula is C15H22BrNO3. The van der Waals surface area contributed by atoms with Crippen molar-refractivity contribution in [3.05, 3.63) is 28.2 Å². The van der Waals surface area contributed by atoms with Crippen LogP contribution in [0.2, 0.25) is 0 Å². The van der Waals surface area contributed by atoms with E-state index in [2.05, 4.69) is 34.7 Å². The van der Waals surface area contributed by atoms with Gasteiger partial charge >= 0.3 is 0 Å². The Bertz CT molecular complexity index is 439. The Kier molecular flexibility index (Phi) is 5.84. The Labute approximate surface area is 128 Å². The third-order valence-corrected chi connectivity index (χ3v) is 4.12. The summed E-state index contributed by atoms with van der Waals surface area (Å²) >= 11 is 3.46. The Morgan fingerprint density at radius 3 is 2.95 bits per heavy atom. The van der Waals surface area contributed by atoms with Gasteiger partial charge in [0.15, 0.2) is 0 Å². The lowest BCUT2D eigenvalue weighted by Gasteiger charge is -2.35. The fourth-order valence-electron chi connectivity index (χ4n) is 2.25. The van der Waals surface area contributed by atoms with Crippen molar-refractivity contribution in [2.24, 2.45) is 0 Å². The van der Waals surface area contributed by atoms with Crippen molar-refractivity contribution < 1.29 is 14.6 Å². The summed E-state index contributed by atoms with van der Waals surface area (Å²) in [6.07, 6.45) is 0.107. The minimum absolute atomic E-state index is 0.0357. The number of aliphatic hydroxyl groups is 1. The number of ether oxygens (including phenoxy) is 2. The fraction of sp³-hybridized carbons (Fsp3) is 0.600. The standard InChI is InChI=1S/C15H22BrNO3/c1-11(2)17-5-6-19-13(8-17)10-20-15-4-3-12(9-18)7-14(15)16/h3-4,7,11,13,18H,5-6,8-10H2,1-2H3. The Morgan fingerprint density at radius 1 is 1.50 bits per heavy atom. The molecule has 1 aromatic carbocycles. The third kappa shape index (κ3) is 4.19. The molecular weight excluding hydrogens is 322 g/mol. The molecule has 2 rings (SSSR count). The quantitative estimate of drug-likeness (QED) is 0.891. The lowest BCUT2D eigenvalue weighted by molar-refractivity contribution is -0.0565. The van der Waals surface area contributed by atoms with Gasteiger partial charge in [0, 0.05) is 19.1 Å². The van der Waals surface area contributed by atoms with E-state index in [1.165, 1.54) is 0 Å². The SMILES string of the molecule is CC(C)N1CCOC(COc2ccc(CO)cc2Br)C1. The molecule has 1 saturated heterocycles. The zero-order chi connectivity index (χ0) is 14.5. The van der Waals surface area contributed by atoms with Crippen LogP contribution in [0, 0.1) is 0 Å². The second-order valence-corrected chi connectivity index (χ2v) is 6.17. The Morgan fingerprint density at radius 2 is 2.30 bits per heavy atom. The highest BCUT2D eigenvalue weighted by molar-refractivity contribution is 9.10. The molecule has 0 radical (unpaired) electrons. The predicted molar refractivity (Wildman–Crippen MR) is 82.0 cm³/mol. The highest BCUT2D eigenvalue weighted by Crippen LogP contribution is 2.26. The van der Waals surface area contributed by atoms with Crippen LogP contribution in [0.1, 0.15) is 19.4 Å². The van der Waals surface area contributed by atoms with Crippen molar-refractivity contribution >= 4 is 15.9 Å². The molecule has 0 spiro atoms. The van der Waals surface area contributed by atoms with Crippen molar-refractivity contribution in [2.75, 3.05) is 26.3 Å². The first-order valence-electron chi connectivity index (χ1n) is 6.98. The first-order chi connectivity index (χ1) is 9.60. The topological polar surface area (TPSA) is 41.9 Å². The van der Waals surface area contributed by atoms with E-state index in [1.54, 1.807) is 0 Å². The van der Waals surface area contributed by atoms with Gasteiger partial charge in [-0.05, 0) is 47.5 Å². The van der Waals surface area contributed by atoms with Crippen molar-refractivity contribution in [1.29, 1.82) is 0 Å². The van der Waals surface area contributed by atoms with Gasteiger partial charge in [0.2, 0.25) is 0 Å².